The highest BCUT2D eigenvalue weighted by Gasteiger charge is 2.12. The summed E-state index contributed by atoms with van der Waals surface area (Å²) >= 11 is 1.62. The summed E-state index contributed by atoms with van der Waals surface area (Å²) in [5, 5.41) is 8.62. The number of nitrogens with one attached hydrogen (secondary N) is 1. The van der Waals surface area contributed by atoms with Crippen LogP contribution in [0.5, 0.6) is 0 Å². The molecule has 0 spiro atoms. The first kappa shape index (κ1) is 12.9. The highest BCUT2D eigenvalue weighted by Crippen LogP contribution is 2.29. The van der Waals surface area contributed by atoms with Gasteiger partial charge in [0.05, 0.1) is 11.9 Å². The van der Waals surface area contributed by atoms with Crippen molar-refractivity contribution in [1.82, 2.24) is 19.7 Å². The zero-order valence-electron chi connectivity index (χ0n) is 11.4. The quantitative estimate of drug-likeness (QED) is 0.769. The molecule has 0 radical (unpaired) electrons. The van der Waals surface area contributed by atoms with Gasteiger partial charge in [0.15, 0.2) is 0 Å². The smallest absolute Gasteiger partial charge is 0.223 e. The Kier molecular flexibility index (Phi) is 3.27. The Balaban J connectivity index is 1.86. The second kappa shape index (κ2) is 5.09. The third-order valence-electron chi connectivity index (χ3n) is 2.94. The number of anilines is 2. The monoisotopic (exact) mass is 288 g/mol. The van der Waals surface area contributed by atoms with Crippen molar-refractivity contribution >= 4 is 33.3 Å². The Morgan fingerprint density at radius 2 is 2.30 bits per heavy atom. The molecule has 0 bridgehead atoms. The average molecular weight is 288 g/mol. The number of aromatic nitrogens is 4. The SMILES string of the molecule is Cc1cc2c(NC(C)Cn3cccn3)nc(N)nc2s1. The summed E-state index contributed by atoms with van der Waals surface area (Å²) in [6.45, 7) is 4.91. The Bertz CT molecular complexity index is 718. The van der Waals surface area contributed by atoms with Crippen LogP contribution in [-0.2, 0) is 6.54 Å². The molecule has 0 saturated carbocycles. The van der Waals surface area contributed by atoms with Gasteiger partial charge < -0.3 is 11.1 Å². The molecule has 0 saturated heterocycles. The molecule has 1 unspecified atom stereocenters. The first-order chi connectivity index (χ1) is 9.61. The largest absolute Gasteiger partial charge is 0.368 e. The fraction of sp³-hybridized carbons (Fsp3) is 0.308. The van der Waals surface area contributed by atoms with Crippen molar-refractivity contribution in [2.45, 2.75) is 26.4 Å². The van der Waals surface area contributed by atoms with Crippen molar-refractivity contribution < 1.29 is 0 Å². The van der Waals surface area contributed by atoms with Gasteiger partial charge in [-0.25, -0.2) is 4.98 Å². The lowest BCUT2D eigenvalue weighted by Crippen LogP contribution is -2.23. The van der Waals surface area contributed by atoms with Gasteiger partial charge in [0, 0.05) is 23.3 Å². The minimum atomic E-state index is 0.188. The lowest BCUT2D eigenvalue weighted by molar-refractivity contribution is 0.560. The molecule has 0 aliphatic carbocycles. The molecular formula is C13H16N6S. The molecule has 0 aliphatic rings. The van der Waals surface area contributed by atoms with Crippen LogP contribution in [0, 0.1) is 6.92 Å². The minimum Gasteiger partial charge on any atom is -0.368 e. The van der Waals surface area contributed by atoms with E-state index in [2.05, 4.69) is 40.3 Å². The van der Waals surface area contributed by atoms with E-state index in [4.69, 9.17) is 5.73 Å². The predicted molar refractivity (Wildman–Crippen MR) is 81.9 cm³/mol. The van der Waals surface area contributed by atoms with E-state index in [0.29, 0.717) is 5.95 Å². The van der Waals surface area contributed by atoms with Gasteiger partial charge in [-0.05, 0) is 26.0 Å². The number of aryl methyl sites for hydroxylation is 1. The Morgan fingerprint density at radius 3 is 3.05 bits per heavy atom. The molecule has 20 heavy (non-hydrogen) atoms. The maximum Gasteiger partial charge on any atom is 0.223 e. The molecule has 0 aliphatic heterocycles. The van der Waals surface area contributed by atoms with E-state index in [9.17, 15) is 0 Å². The molecule has 3 rings (SSSR count). The van der Waals surface area contributed by atoms with Crippen LogP contribution in [0.3, 0.4) is 0 Å². The summed E-state index contributed by atoms with van der Waals surface area (Å²) in [7, 11) is 0. The molecule has 3 aromatic rings. The van der Waals surface area contributed by atoms with Crippen molar-refractivity contribution in [2.75, 3.05) is 11.1 Å². The third-order valence-corrected chi connectivity index (χ3v) is 3.88. The summed E-state index contributed by atoms with van der Waals surface area (Å²) in [4.78, 5) is 10.7. The van der Waals surface area contributed by atoms with Crippen LogP contribution >= 0.6 is 11.3 Å². The highest BCUT2D eigenvalue weighted by molar-refractivity contribution is 7.18. The second-order valence-corrected chi connectivity index (χ2v) is 6.01. The summed E-state index contributed by atoms with van der Waals surface area (Å²) in [6.07, 6.45) is 3.71. The van der Waals surface area contributed by atoms with E-state index < -0.39 is 0 Å². The van der Waals surface area contributed by atoms with E-state index in [-0.39, 0.29) is 6.04 Å². The summed E-state index contributed by atoms with van der Waals surface area (Å²) in [5.74, 6) is 1.09. The number of nitrogens with two attached hydrogens (primary N) is 1. The molecule has 1 atom stereocenters. The topological polar surface area (TPSA) is 81.7 Å². The first-order valence-electron chi connectivity index (χ1n) is 6.39. The number of thiophene rings is 1. The zero-order chi connectivity index (χ0) is 14.1. The average Bonchev–Trinajstić information content (AvgIpc) is 2.97. The Labute approximate surface area is 120 Å². The maximum absolute atomic E-state index is 5.77. The highest BCUT2D eigenvalue weighted by atomic mass is 32.1. The van der Waals surface area contributed by atoms with Crippen molar-refractivity contribution in [2.24, 2.45) is 0 Å². The van der Waals surface area contributed by atoms with Crippen LogP contribution in [0.4, 0.5) is 11.8 Å². The molecule has 3 aromatic heterocycles. The van der Waals surface area contributed by atoms with Crippen molar-refractivity contribution in [1.29, 1.82) is 0 Å². The van der Waals surface area contributed by atoms with Crippen LogP contribution in [0.25, 0.3) is 10.2 Å². The lowest BCUT2D eigenvalue weighted by Gasteiger charge is -2.15. The Hall–Kier alpha value is -2.15. The molecule has 104 valence electrons. The van der Waals surface area contributed by atoms with Crippen LogP contribution < -0.4 is 11.1 Å². The lowest BCUT2D eigenvalue weighted by atomic mass is 10.3. The van der Waals surface area contributed by atoms with Gasteiger partial charge in [-0.2, -0.15) is 10.1 Å². The van der Waals surface area contributed by atoms with Gasteiger partial charge in [0.1, 0.15) is 10.6 Å². The molecule has 0 amide bonds. The molecule has 0 fully saturated rings. The van der Waals surface area contributed by atoms with Gasteiger partial charge in [-0.15, -0.1) is 11.3 Å². The molecule has 6 nitrogen and oxygen atoms in total. The van der Waals surface area contributed by atoms with Crippen molar-refractivity contribution in [3.05, 3.63) is 29.4 Å². The minimum absolute atomic E-state index is 0.188. The standard InChI is InChI=1S/C13H16N6S/c1-8(7-19-5-3-4-15-19)16-11-10-6-9(2)20-12(10)18-13(14)17-11/h3-6,8H,7H2,1-2H3,(H3,14,16,17,18). The zero-order valence-corrected chi connectivity index (χ0v) is 12.2. The number of hydrogen-bond donors (Lipinski definition) is 2. The molecule has 3 heterocycles. The number of nitrogens with zero attached hydrogens (tertiary/aromatic N) is 4. The van der Waals surface area contributed by atoms with Crippen molar-refractivity contribution in [3.8, 4) is 0 Å². The number of hydrogen-bond acceptors (Lipinski definition) is 6. The fourth-order valence-corrected chi connectivity index (χ4v) is 3.02. The van der Waals surface area contributed by atoms with Gasteiger partial charge in [-0.1, -0.05) is 0 Å². The van der Waals surface area contributed by atoms with E-state index in [1.54, 1.807) is 17.5 Å². The summed E-state index contributed by atoms with van der Waals surface area (Å²) < 4.78 is 1.89. The molecule has 7 heteroatoms. The van der Waals surface area contributed by atoms with Crippen LogP contribution in [0.1, 0.15) is 11.8 Å². The molecular weight excluding hydrogens is 272 g/mol. The first-order valence-corrected chi connectivity index (χ1v) is 7.21. The van der Waals surface area contributed by atoms with Gasteiger partial charge in [-0.3, -0.25) is 4.68 Å². The molecule has 0 aromatic carbocycles. The van der Waals surface area contributed by atoms with E-state index in [1.807, 2.05) is 16.9 Å². The predicted octanol–water partition coefficient (Wildman–Crippen LogP) is 2.28. The second-order valence-electron chi connectivity index (χ2n) is 4.78. The summed E-state index contributed by atoms with van der Waals surface area (Å²) in [5.41, 5.74) is 5.77. The summed E-state index contributed by atoms with van der Waals surface area (Å²) in [6, 6.07) is 4.19. The normalized spacial score (nSPS) is 12.7. The van der Waals surface area contributed by atoms with E-state index in [0.717, 1.165) is 22.6 Å². The van der Waals surface area contributed by atoms with Crippen LogP contribution in [-0.4, -0.2) is 25.8 Å². The fourth-order valence-electron chi connectivity index (χ4n) is 2.14. The van der Waals surface area contributed by atoms with Gasteiger partial charge in [0.25, 0.3) is 0 Å². The van der Waals surface area contributed by atoms with Gasteiger partial charge >= 0.3 is 0 Å². The van der Waals surface area contributed by atoms with Crippen LogP contribution in [0.2, 0.25) is 0 Å². The van der Waals surface area contributed by atoms with Crippen molar-refractivity contribution in [3.63, 3.8) is 0 Å². The van der Waals surface area contributed by atoms with Gasteiger partial charge in [0.2, 0.25) is 5.95 Å². The van der Waals surface area contributed by atoms with Crippen LogP contribution in [0.15, 0.2) is 24.5 Å². The number of nitrogen functional groups attached to an aromatic ring is 1. The number of rotatable bonds is 4. The van der Waals surface area contributed by atoms with E-state index in [1.165, 1.54) is 4.88 Å². The molecule has 3 N–H and O–H groups in total. The maximum atomic E-state index is 5.77. The Morgan fingerprint density at radius 1 is 1.45 bits per heavy atom. The van der Waals surface area contributed by atoms with E-state index >= 15 is 0 Å². The number of fused-ring (bicyclic) bond motifs is 1. The third kappa shape index (κ3) is 2.57.